The van der Waals surface area contributed by atoms with Gasteiger partial charge in [0.1, 0.15) is 11.6 Å². The summed E-state index contributed by atoms with van der Waals surface area (Å²) >= 11 is 0. The minimum atomic E-state index is -1.25. The maximum atomic E-state index is 13.6. The molecule has 8 heteroatoms. The molecule has 0 fully saturated rings. The van der Waals surface area contributed by atoms with E-state index in [2.05, 4.69) is 5.32 Å². The number of nitrogens with one attached hydrogen (secondary N) is 1. The SMILES string of the molecule is CCCN(CCC)C(=O)c1cc(C)cc(C(=O)N[C@@H](Cc2cc(F)cc(F)c2)[C@@H](O)CC#N)c1. The van der Waals surface area contributed by atoms with Gasteiger partial charge in [0.15, 0.2) is 0 Å². The van der Waals surface area contributed by atoms with Gasteiger partial charge < -0.3 is 15.3 Å². The molecule has 2 rings (SSSR count). The number of carbonyl (C=O) groups is 2. The van der Waals surface area contributed by atoms with Crippen molar-refractivity contribution in [2.75, 3.05) is 13.1 Å². The molecule has 0 aliphatic carbocycles. The molecular weight excluding hydrogens is 440 g/mol. The third kappa shape index (κ3) is 7.63. The molecule has 0 spiro atoms. The Bertz CT molecular complexity index is 1030. The first-order chi connectivity index (χ1) is 16.2. The largest absolute Gasteiger partial charge is 0.390 e. The topological polar surface area (TPSA) is 93.4 Å². The molecule has 0 aliphatic rings. The smallest absolute Gasteiger partial charge is 0.253 e. The Hall–Kier alpha value is -3.31. The van der Waals surface area contributed by atoms with E-state index in [1.165, 1.54) is 6.07 Å². The van der Waals surface area contributed by atoms with E-state index in [0.29, 0.717) is 24.2 Å². The van der Waals surface area contributed by atoms with Gasteiger partial charge in [-0.25, -0.2) is 8.78 Å². The summed E-state index contributed by atoms with van der Waals surface area (Å²) in [6.07, 6.45) is 0.00901. The summed E-state index contributed by atoms with van der Waals surface area (Å²) in [5.74, 6) is -2.28. The van der Waals surface area contributed by atoms with Crippen LogP contribution in [0.1, 0.15) is 65.0 Å². The van der Waals surface area contributed by atoms with Crippen LogP contribution >= 0.6 is 0 Å². The lowest BCUT2D eigenvalue weighted by Gasteiger charge is -2.24. The average molecular weight is 472 g/mol. The molecule has 0 aliphatic heterocycles. The van der Waals surface area contributed by atoms with Crippen molar-refractivity contribution in [2.24, 2.45) is 0 Å². The number of aliphatic hydroxyl groups excluding tert-OH is 1. The number of aliphatic hydroxyl groups is 1. The first kappa shape index (κ1) is 26.9. The van der Waals surface area contributed by atoms with Crippen molar-refractivity contribution in [2.45, 2.75) is 58.6 Å². The summed E-state index contributed by atoms with van der Waals surface area (Å²) in [7, 11) is 0. The van der Waals surface area contributed by atoms with E-state index in [1.807, 2.05) is 19.9 Å². The quantitative estimate of drug-likeness (QED) is 0.515. The van der Waals surface area contributed by atoms with Crippen molar-refractivity contribution in [1.82, 2.24) is 10.2 Å². The molecule has 34 heavy (non-hydrogen) atoms. The van der Waals surface area contributed by atoms with Crippen LogP contribution in [0, 0.1) is 29.9 Å². The third-order valence-corrected chi connectivity index (χ3v) is 5.32. The van der Waals surface area contributed by atoms with Crippen LogP contribution in [0.4, 0.5) is 8.78 Å². The Morgan fingerprint density at radius 1 is 1.03 bits per heavy atom. The molecular formula is C26H31F2N3O3. The predicted molar refractivity (Wildman–Crippen MR) is 125 cm³/mol. The molecule has 0 unspecified atom stereocenters. The minimum Gasteiger partial charge on any atom is -0.390 e. The van der Waals surface area contributed by atoms with Gasteiger partial charge in [-0.15, -0.1) is 0 Å². The first-order valence-electron chi connectivity index (χ1n) is 11.4. The van der Waals surface area contributed by atoms with Gasteiger partial charge in [0.2, 0.25) is 0 Å². The minimum absolute atomic E-state index is 0.0817. The van der Waals surface area contributed by atoms with Gasteiger partial charge in [-0.05, 0) is 67.6 Å². The number of amides is 2. The van der Waals surface area contributed by atoms with E-state index in [0.717, 1.165) is 31.0 Å². The number of halogens is 2. The zero-order valence-electron chi connectivity index (χ0n) is 19.8. The Morgan fingerprint density at radius 3 is 2.18 bits per heavy atom. The molecule has 6 nitrogen and oxygen atoms in total. The van der Waals surface area contributed by atoms with E-state index in [1.54, 1.807) is 24.0 Å². The molecule has 2 amide bonds. The van der Waals surface area contributed by atoms with Crippen LogP contribution in [0.5, 0.6) is 0 Å². The van der Waals surface area contributed by atoms with Gasteiger partial charge in [-0.2, -0.15) is 5.26 Å². The van der Waals surface area contributed by atoms with Crippen LogP contribution in [0.15, 0.2) is 36.4 Å². The second-order valence-corrected chi connectivity index (χ2v) is 8.37. The van der Waals surface area contributed by atoms with Gasteiger partial charge in [0, 0.05) is 30.3 Å². The van der Waals surface area contributed by atoms with Gasteiger partial charge >= 0.3 is 0 Å². The highest BCUT2D eigenvalue weighted by atomic mass is 19.1. The maximum absolute atomic E-state index is 13.6. The summed E-state index contributed by atoms with van der Waals surface area (Å²) in [6.45, 7) is 6.96. The lowest BCUT2D eigenvalue weighted by atomic mass is 9.98. The Balaban J connectivity index is 2.30. The van der Waals surface area contributed by atoms with Crippen molar-refractivity contribution in [3.8, 4) is 6.07 Å². The van der Waals surface area contributed by atoms with Crippen molar-refractivity contribution >= 4 is 11.8 Å². The van der Waals surface area contributed by atoms with Crippen LogP contribution in [-0.2, 0) is 6.42 Å². The zero-order chi connectivity index (χ0) is 25.3. The first-order valence-corrected chi connectivity index (χ1v) is 11.4. The highest BCUT2D eigenvalue weighted by molar-refractivity contribution is 6.00. The van der Waals surface area contributed by atoms with Crippen LogP contribution < -0.4 is 5.32 Å². The molecule has 0 aromatic heterocycles. The molecule has 182 valence electrons. The Labute approximate surface area is 199 Å². The van der Waals surface area contributed by atoms with Gasteiger partial charge in [-0.3, -0.25) is 9.59 Å². The van der Waals surface area contributed by atoms with Gasteiger partial charge in [-0.1, -0.05) is 13.8 Å². The van der Waals surface area contributed by atoms with Crippen molar-refractivity contribution in [3.05, 3.63) is 70.3 Å². The van der Waals surface area contributed by atoms with Gasteiger partial charge in [0.25, 0.3) is 11.8 Å². The number of nitrogens with zero attached hydrogens (tertiary/aromatic N) is 2. The average Bonchev–Trinajstić information content (AvgIpc) is 2.77. The van der Waals surface area contributed by atoms with Crippen molar-refractivity contribution in [3.63, 3.8) is 0 Å². The van der Waals surface area contributed by atoms with E-state index < -0.39 is 29.7 Å². The molecule has 2 atom stereocenters. The fraction of sp³-hybridized carbons (Fsp3) is 0.423. The normalized spacial score (nSPS) is 12.5. The van der Waals surface area contributed by atoms with E-state index >= 15 is 0 Å². The number of rotatable bonds is 11. The molecule has 0 bridgehead atoms. The molecule has 2 N–H and O–H groups in total. The van der Waals surface area contributed by atoms with Crippen molar-refractivity contribution in [1.29, 1.82) is 5.26 Å². The molecule has 0 saturated heterocycles. The fourth-order valence-corrected chi connectivity index (χ4v) is 3.83. The summed E-state index contributed by atoms with van der Waals surface area (Å²) in [6, 6.07) is 8.66. The van der Waals surface area contributed by atoms with Gasteiger partial charge in [0.05, 0.1) is 24.6 Å². The monoisotopic (exact) mass is 471 g/mol. The Kier molecular flexibility index (Phi) is 10.1. The maximum Gasteiger partial charge on any atom is 0.253 e. The Morgan fingerprint density at radius 2 is 1.62 bits per heavy atom. The second kappa shape index (κ2) is 12.8. The molecule has 0 saturated carbocycles. The summed E-state index contributed by atoms with van der Waals surface area (Å²) in [5.41, 5.74) is 1.55. The third-order valence-electron chi connectivity index (χ3n) is 5.32. The van der Waals surface area contributed by atoms with Crippen LogP contribution in [0.3, 0.4) is 0 Å². The molecule has 2 aromatic rings. The highest BCUT2D eigenvalue weighted by Crippen LogP contribution is 2.16. The predicted octanol–water partition coefficient (Wildman–Crippen LogP) is 4.15. The molecule has 0 radical (unpaired) electrons. The van der Waals surface area contributed by atoms with Crippen LogP contribution in [0.2, 0.25) is 0 Å². The number of benzene rings is 2. The lowest BCUT2D eigenvalue weighted by Crippen LogP contribution is -2.45. The summed E-state index contributed by atoms with van der Waals surface area (Å²) in [4.78, 5) is 27.8. The van der Waals surface area contributed by atoms with E-state index in [9.17, 15) is 23.5 Å². The second-order valence-electron chi connectivity index (χ2n) is 8.37. The molecule has 0 heterocycles. The number of hydrogen-bond acceptors (Lipinski definition) is 4. The number of carbonyl (C=O) groups excluding carboxylic acids is 2. The van der Waals surface area contributed by atoms with E-state index in [-0.39, 0.29) is 29.9 Å². The number of nitriles is 1. The van der Waals surface area contributed by atoms with Crippen LogP contribution in [-0.4, -0.2) is 47.1 Å². The summed E-state index contributed by atoms with van der Waals surface area (Å²) < 4.78 is 27.2. The lowest BCUT2D eigenvalue weighted by molar-refractivity contribution is 0.0755. The van der Waals surface area contributed by atoms with E-state index in [4.69, 9.17) is 5.26 Å². The number of aryl methyl sites for hydroxylation is 1. The standard InChI is InChI=1S/C26H31F2N3O3/c1-4-8-31(9-5-2)26(34)20-11-17(3)10-19(15-20)25(33)30-23(24(32)6-7-29)14-18-12-21(27)16-22(28)13-18/h10-13,15-16,23-24,32H,4-6,8-9,14H2,1-3H3,(H,30,33)/t23-,24-/m0/s1. The van der Waals surface area contributed by atoms with Crippen molar-refractivity contribution < 1.29 is 23.5 Å². The summed E-state index contributed by atoms with van der Waals surface area (Å²) in [5, 5.41) is 22.1. The van der Waals surface area contributed by atoms with Crippen LogP contribution in [0.25, 0.3) is 0 Å². The number of hydrogen-bond donors (Lipinski definition) is 2. The fourth-order valence-electron chi connectivity index (χ4n) is 3.83. The molecule has 2 aromatic carbocycles. The highest BCUT2D eigenvalue weighted by Gasteiger charge is 2.24. The zero-order valence-corrected chi connectivity index (χ0v) is 19.8.